The number of carbonyl (C=O) groups is 2. The number of morpholine rings is 1. The predicted molar refractivity (Wildman–Crippen MR) is 73.6 cm³/mol. The largest absolute Gasteiger partial charge is 0.497 e. The van der Waals surface area contributed by atoms with Crippen LogP contribution in [0.1, 0.15) is 6.42 Å². The van der Waals surface area contributed by atoms with Crippen molar-refractivity contribution < 1.29 is 19.1 Å². The van der Waals surface area contributed by atoms with Crippen molar-refractivity contribution in [3.63, 3.8) is 0 Å². The van der Waals surface area contributed by atoms with Gasteiger partial charge in [0, 0.05) is 19.3 Å². The van der Waals surface area contributed by atoms with E-state index in [2.05, 4.69) is 5.32 Å². The molecule has 0 spiro atoms. The number of ether oxygens (including phenoxy) is 2. The van der Waals surface area contributed by atoms with Crippen LogP contribution in [-0.4, -0.2) is 50.1 Å². The normalized spacial score (nSPS) is 18.8. The van der Waals surface area contributed by atoms with Gasteiger partial charge >= 0.3 is 0 Å². The predicted octanol–water partition coefficient (Wildman–Crippen LogP) is 0.881. The molecule has 1 unspecified atom stereocenters. The first-order valence-electron chi connectivity index (χ1n) is 6.40. The number of likely N-dealkylation sites (N-methyl/N-ethyl adjacent to an activating group) is 1. The Hall–Kier alpha value is -2.08. The zero-order valence-corrected chi connectivity index (χ0v) is 11.6. The minimum Gasteiger partial charge on any atom is -0.497 e. The van der Waals surface area contributed by atoms with E-state index in [1.165, 1.54) is 0 Å². The molecule has 108 valence electrons. The van der Waals surface area contributed by atoms with Gasteiger partial charge in [-0.3, -0.25) is 9.59 Å². The zero-order valence-electron chi connectivity index (χ0n) is 11.6. The fourth-order valence-corrected chi connectivity index (χ4v) is 1.96. The van der Waals surface area contributed by atoms with E-state index in [1.54, 1.807) is 43.3 Å². The van der Waals surface area contributed by atoms with E-state index >= 15 is 0 Å². The van der Waals surface area contributed by atoms with Crippen LogP contribution in [-0.2, 0) is 14.3 Å². The van der Waals surface area contributed by atoms with E-state index in [-0.39, 0.29) is 18.2 Å². The average molecular weight is 278 g/mol. The second-order valence-corrected chi connectivity index (χ2v) is 4.60. The Morgan fingerprint density at radius 3 is 2.80 bits per heavy atom. The van der Waals surface area contributed by atoms with Gasteiger partial charge in [-0.15, -0.1) is 0 Å². The van der Waals surface area contributed by atoms with Crippen molar-refractivity contribution in [1.29, 1.82) is 0 Å². The van der Waals surface area contributed by atoms with Crippen molar-refractivity contribution in [2.45, 2.75) is 12.5 Å². The van der Waals surface area contributed by atoms with Crippen molar-refractivity contribution in [2.24, 2.45) is 0 Å². The number of nitrogens with zero attached hydrogens (tertiary/aromatic N) is 1. The number of hydrogen-bond donors (Lipinski definition) is 1. The third-order valence-electron chi connectivity index (χ3n) is 3.14. The summed E-state index contributed by atoms with van der Waals surface area (Å²) in [7, 11) is 3.29. The summed E-state index contributed by atoms with van der Waals surface area (Å²) in [4.78, 5) is 25.3. The monoisotopic (exact) mass is 278 g/mol. The van der Waals surface area contributed by atoms with Gasteiger partial charge in [0.2, 0.25) is 5.91 Å². The van der Waals surface area contributed by atoms with E-state index < -0.39 is 6.10 Å². The molecular weight excluding hydrogens is 260 g/mol. The molecule has 6 nitrogen and oxygen atoms in total. The summed E-state index contributed by atoms with van der Waals surface area (Å²) in [5, 5.41) is 2.73. The first-order valence-corrected chi connectivity index (χ1v) is 6.40. The number of amides is 2. The van der Waals surface area contributed by atoms with Gasteiger partial charge in [0.05, 0.1) is 20.1 Å². The van der Waals surface area contributed by atoms with Crippen LogP contribution in [0.2, 0.25) is 0 Å². The van der Waals surface area contributed by atoms with Gasteiger partial charge in [-0.1, -0.05) is 0 Å². The second-order valence-electron chi connectivity index (χ2n) is 4.60. The molecule has 0 bridgehead atoms. The van der Waals surface area contributed by atoms with Gasteiger partial charge in [0.1, 0.15) is 11.9 Å². The minimum absolute atomic E-state index is 0.0230. The lowest BCUT2D eigenvalue weighted by molar-refractivity contribution is -0.153. The number of nitrogens with one attached hydrogen (secondary N) is 1. The zero-order chi connectivity index (χ0) is 14.5. The highest BCUT2D eigenvalue weighted by Gasteiger charge is 2.29. The van der Waals surface area contributed by atoms with E-state index in [9.17, 15) is 9.59 Å². The molecule has 1 heterocycles. The summed E-state index contributed by atoms with van der Waals surface area (Å²) < 4.78 is 10.4. The molecule has 2 amide bonds. The third-order valence-corrected chi connectivity index (χ3v) is 3.14. The molecule has 1 atom stereocenters. The topological polar surface area (TPSA) is 67.9 Å². The Bertz CT molecular complexity index is 486. The average Bonchev–Trinajstić information content (AvgIpc) is 2.45. The Morgan fingerprint density at radius 1 is 1.45 bits per heavy atom. The van der Waals surface area contributed by atoms with Gasteiger partial charge in [-0.25, -0.2) is 0 Å². The molecule has 1 aromatic rings. The van der Waals surface area contributed by atoms with Gasteiger partial charge in [0.25, 0.3) is 5.91 Å². The number of methoxy groups -OCH3 is 1. The first kappa shape index (κ1) is 14.3. The summed E-state index contributed by atoms with van der Waals surface area (Å²) in [6.07, 6.45) is -0.665. The molecule has 1 aliphatic heterocycles. The molecule has 2 rings (SSSR count). The molecule has 1 fully saturated rings. The van der Waals surface area contributed by atoms with Crippen LogP contribution in [0.25, 0.3) is 0 Å². The summed E-state index contributed by atoms with van der Waals surface area (Å²) in [6.45, 7) is 1.03. The Morgan fingerprint density at radius 2 is 2.15 bits per heavy atom. The molecule has 0 saturated carbocycles. The second kappa shape index (κ2) is 6.38. The molecule has 1 saturated heterocycles. The smallest absolute Gasteiger partial charge is 0.252 e. The molecular formula is C14H18N2O4. The van der Waals surface area contributed by atoms with Crippen molar-refractivity contribution >= 4 is 17.5 Å². The SMILES string of the molecule is COc1ccc(NC(=O)CC2OCCN(C)C2=O)cc1. The van der Waals surface area contributed by atoms with Crippen LogP contribution in [0.15, 0.2) is 24.3 Å². The van der Waals surface area contributed by atoms with Crippen LogP contribution in [0.3, 0.4) is 0 Å². The number of carbonyl (C=O) groups excluding carboxylic acids is 2. The fraction of sp³-hybridized carbons (Fsp3) is 0.429. The lowest BCUT2D eigenvalue weighted by Gasteiger charge is -2.29. The summed E-state index contributed by atoms with van der Waals surface area (Å²) in [6, 6.07) is 7.00. The number of benzene rings is 1. The van der Waals surface area contributed by atoms with E-state index in [1.807, 2.05) is 0 Å². The van der Waals surface area contributed by atoms with Crippen molar-refractivity contribution in [3.05, 3.63) is 24.3 Å². The maximum Gasteiger partial charge on any atom is 0.252 e. The highest BCUT2D eigenvalue weighted by atomic mass is 16.5. The summed E-state index contributed by atoms with van der Waals surface area (Å²) in [5.74, 6) is 0.320. The van der Waals surface area contributed by atoms with Crippen molar-refractivity contribution in [1.82, 2.24) is 4.90 Å². The Labute approximate surface area is 117 Å². The van der Waals surface area contributed by atoms with E-state index in [0.717, 1.165) is 5.75 Å². The van der Waals surface area contributed by atoms with Crippen LogP contribution in [0.4, 0.5) is 5.69 Å². The standard InChI is InChI=1S/C14H18N2O4/c1-16-7-8-20-12(14(16)18)9-13(17)15-10-3-5-11(19-2)6-4-10/h3-6,12H,7-9H2,1-2H3,(H,15,17). The maximum absolute atomic E-state index is 11.9. The summed E-state index contributed by atoms with van der Waals surface area (Å²) in [5.41, 5.74) is 0.660. The van der Waals surface area contributed by atoms with E-state index in [0.29, 0.717) is 18.8 Å². The van der Waals surface area contributed by atoms with Gasteiger partial charge in [-0.05, 0) is 24.3 Å². The quantitative estimate of drug-likeness (QED) is 0.888. The van der Waals surface area contributed by atoms with Crippen LogP contribution in [0, 0.1) is 0 Å². The van der Waals surface area contributed by atoms with Gasteiger partial charge < -0.3 is 19.7 Å². The van der Waals surface area contributed by atoms with Crippen LogP contribution < -0.4 is 10.1 Å². The van der Waals surface area contributed by atoms with Crippen LogP contribution in [0.5, 0.6) is 5.75 Å². The Kier molecular flexibility index (Phi) is 4.57. The fourth-order valence-electron chi connectivity index (χ4n) is 1.96. The lowest BCUT2D eigenvalue weighted by Crippen LogP contribution is -2.46. The molecule has 0 aliphatic carbocycles. The van der Waals surface area contributed by atoms with Crippen molar-refractivity contribution in [2.75, 3.05) is 32.6 Å². The lowest BCUT2D eigenvalue weighted by atomic mass is 10.2. The number of rotatable bonds is 4. The van der Waals surface area contributed by atoms with E-state index in [4.69, 9.17) is 9.47 Å². The minimum atomic E-state index is -0.688. The Balaban J connectivity index is 1.89. The van der Waals surface area contributed by atoms with Crippen molar-refractivity contribution in [3.8, 4) is 5.75 Å². The number of hydrogen-bond acceptors (Lipinski definition) is 4. The molecule has 6 heteroatoms. The maximum atomic E-state index is 11.9. The van der Waals surface area contributed by atoms with Gasteiger partial charge in [0.15, 0.2) is 0 Å². The highest BCUT2D eigenvalue weighted by Crippen LogP contribution is 2.16. The first-order chi connectivity index (χ1) is 9.60. The molecule has 1 aliphatic rings. The molecule has 1 N–H and O–H groups in total. The molecule has 0 radical (unpaired) electrons. The van der Waals surface area contributed by atoms with Gasteiger partial charge in [-0.2, -0.15) is 0 Å². The highest BCUT2D eigenvalue weighted by molar-refractivity contribution is 5.95. The third kappa shape index (κ3) is 3.48. The summed E-state index contributed by atoms with van der Waals surface area (Å²) >= 11 is 0. The van der Waals surface area contributed by atoms with Crippen LogP contribution >= 0.6 is 0 Å². The molecule has 20 heavy (non-hydrogen) atoms. The molecule has 1 aromatic carbocycles. The molecule has 0 aromatic heterocycles. The number of anilines is 1.